The first kappa shape index (κ1) is 33.3. The van der Waals surface area contributed by atoms with Crippen molar-refractivity contribution < 1.29 is 27.9 Å². The van der Waals surface area contributed by atoms with Gasteiger partial charge in [0, 0.05) is 42.9 Å². The van der Waals surface area contributed by atoms with Crippen LogP contribution in [0.5, 0.6) is 0 Å². The minimum atomic E-state index is -3.67. The molecule has 3 rings (SSSR count). The van der Waals surface area contributed by atoms with Crippen LogP contribution < -0.4 is 16.0 Å². The number of aliphatic hydroxyl groups is 1. The Morgan fingerprint density at radius 3 is 2.40 bits per heavy atom. The number of amides is 1. The van der Waals surface area contributed by atoms with Crippen molar-refractivity contribution in [3.63, 3.8) is 0 Å². The van der Waals surface area contributed by atoms with Gasteiger partial charge in [-0.2, -0.15) is 0 Å². The highest BCUT2D eigenvalue weighted by atomic mass is 32.2. The van der Waals surface area contributed by atoms with Crippen molar-refractivity contribution in [3.05, 3.63) is 60.7 Å². The molecule has 0 bridgehead atoms. The van der Waals surface area contributed by atoms with Gasteiger partial charge in [-0.15, -0.1) is 6.58 Å². The van der Waals surface area contributed by atoms with Crippen molar-refractivity contribution in [2.24, 2.45) is 0 Å². The van der Waals surface area contributed by atoms with Crippen molar-refractivity contribution in [2.45, 2.75) is 76.5 Å². The predicted octanol–water partition coefficient (Wildman–Crippen LogP) is 2.92. The molecule has 4 atom stereocenters. The number of benzene rings is 2. The number of ketones is 1. The van der Waals surface area contributed by atoms with E-state index in [1.807, 2.05) is 36.4 Å². The Hall–Kier alpha value is -2.92. The number of piperidine rings is 1. The lowest BCUT2D eigenvalue weighted by Crippen LogP contribution is -2.50. The van der Waals surface area contributed by atoms with Crippen LogP contribution in [-0.2, 0) is 19.4 Å². The Labute approximate surface area is 237 Å². The van der Waals surface area contributed by atoms with Crippen LogP contribution in [0.15, 0.2) is 55.1 Å². The maximum Gasteiger partial charge on any atom is 0.251 e. The van der Waals surface area contributed by atoms with Gasteiger partial charge in [0.15, 0.2) is 5.78 Å². The van der Waals surface area contributed by atoms with E-state index in [1.165, 1.54) is 19.8 Å². The zero-order chi connectivity index (χ0) is 29.7. The molecular formula is C30H43N3O6S. The molecule has 0 aromatic heterocycles. The van der Waals surface area contributed by atoms with Gasteiger partial charge in [0.2, 0.25) is 15.0 Å². The molecule has 1 heterocycles. The molecule has 0 radical (unpaired) electrons. The lowest BCUT2D eigenvalue weighted by Gasteiger charge is -2.31. The van der Waals surface area contributed by atoms with Crippen molar-refractivity contribution in [1.82, 2.24) is 16.0 Å². The second-order valence-electron chi connectivity index (χ2n) is 10.3. The first-order valence-electron chi connectivity index (χ1n) is 13.7. The van der Waals surface area contributed by atoms with Crippen molar-refractivity contribution >= 4 is 37.4 Å². The quantitative estimate of drug-likeness (QED) is 0.284. The van der Waals surface area contributed by atoms with E-state index in [9.17, 15) is 27.9 Å². The summed E-state index contributed by atoms with van der Waals surface area (Å²) in [4.78, 5) is 35.1. The van der Waals surface area contributed by atoms with Crippen molar-refractivity contribution in [2.75, 3.05) is 19.4 Å². The third-order valence-electron chi connectivity index (χ3n) is 6.98. The molecule has 1 amide bonds. The average Bonchev–Trinajstić information content (AvgIpc) is 2.94. The van der Waals surface area contributed by atoms with Gasteiger partial charge in [-0.05, 0) is 55.5 Å². The van der Waals surface area contributed by atoms with E-state index in [-0.39, 0.29) is 24.7 Å². The number of aliphatic hydroxyl groups excluding tert-OH is 1. The molecule has 1 saturated heterocycles. The zero-order valence-corrected chi connectivity index (χ0v) is 24.5. The van der Waals surface area contributed by atoms with Crippen molar-refractivity contribution in [3.8, 4) is 0 Å². The summed E-state index contributed by atoms with van der Waals surface area (Å²) < 4.78 is 22.2. The van der Waals surface area contributed by atoms with E-state index in [4.69, 9.17) is 0 Å². The number of carbonyl (C=O) groups is 3. The van der Waals surface area contributed by atoms with Gasteiger partial charge < -0.3 is 21.1 Å². The van der Waals surface area contributed by atoms with E-state index in [1.54, 1.807) is 12.1 Å². The van der Waals surface area contributed by atoms with Crippen LogP contribution in [0.2, 0.25) is 0 Å². The molecule has 0 spiro atoms. The molecule has 2 aromatic rings. The van der Waals surface area contributed by atoms with Crippen LogP contribution in [0.25, 0.3) is 10.8 Å². The third-order valence-corrected chi connectivity index (χ3v) is 7.97. The average molecular weight is 574 g/mol. The highest BCUT2D eigenvalue weighted by Crippen LogP contribution is 2.16. The second kappa shape index (κ2) is 16.4. The number of rotatable bonds is 12. The number of nitrogens with one attached hydrogen (secondary N) is 3. The van der Waals surface area contributed by atoms with E-state index in [0.717, 1.165) is 29.9 Å². The molecule has 1 aliphatic heterocycles. The third kappa shape index (κ3) is 10.9. The molecule has 4 N–H and O–H groups in total. The highest BCUT2D eigenvalue weighted by Gasteiger charge is 2.24. The minimum Gasteiger partial charge on any atom is -0.395 e. The lowest BCUT2D eigenvalue weighted by atomic mass is 9.97. The zero-order valence-electron chi connectivity index (χ0n) is 23.7. The molecule has 0 aliphatic carbocycles. The molecular weight excluding hydrogens is 530 g/mol. The summed E-state index contributed by atoms with van der Waals surface area (Å²) in [5.74, 6) is -0.308. The largest absolute Gasteiger partial charge is 0.395 e. The first-order valence-corrected chi connectivity index (χ1v) is 15.6. The number of carbonyl (C=O) groups excluding carboxylic acids is 3. The van der Waals surface area contributed by atoms with Crippen LogP contribution in [0.4, 0.5) is 0 Å². The number of hydrogen-bond donors (Lipinski definition) is 4. The van der Waals surface area contributed by atoms with Gasteiger partial charge in [-0.25, -0.2) is 8.42 Å². The Bertz CT molecular complexity index is 1260. The molecule has 1 aliphatic rings. The summed E-state index contributed by atoms with van der Waals surface area (Å²) in [7, 11) is -3.67. The van der Waals surface area contributed by atoms with Crippen LogP contribution in [0.1, 0.15) is 62.7 Å². The van der Waals surface area contributed by atoms with E-state index in [2.05, 4.69) is 29.5 Å². The second-order valence-corrected chi connectivity index (χ2v) is 12.3. The standard InChI is InChI=1S/C17H17NO2.C13H26N2O4S/c1-3-6-16(12(2)19)18-17(20)15-10-9-13-7-4-5-8-14(13)11-15;1-3-10-5-4-6-11(15-10)8-14-12(9-16)7-13(17)20(2,18)19/h3-5,7-11,16H,1,6H2,2H3,(H,18,20);10-12,14-16H,3-9H2,1-2H3. The molecule has 10 heteroatoms. The van der Waals surface area contributed by atoms with E-state index in [0.29, 0.717) is 30.6 Å². The van der Waals surface area contributed by atoms with Gasteiger partial charge >= 0.3 is 0 Å². The number of Topliss-reactive ketones (excluding diaryl/α,β-unsaturated/α-hetero) is 1. The molecule has 40 heavy (non-hydrogen) atoms. The van der Waals surface area contributed by atoms with Crippen LogP contribution in [-0.4, -0.2) is 73.9 Å². The summed E-state index contributed by atoms with van der Waals surface area (Å²) >= 11 is 0. The summed E-state index contributed by atoms with van der Waals surface area (Å²) in [6.07, 6.45) is 7.29. The van der Waals surface area contributed by atoms with Crippen LogP contribution >= 0.6 is 0 Å². The molecule has 4 unspecified atom stereocenters. The smallest absolute Gasteiger partial charge is 0.251 e. The summed E-state index contributed by atoms with van der Waals surface area (Å²) in [6, 6.07) is 13.2. The topological polar surface area (TPSA) is 142 Å². The molecule has 220 valence electrons. The normalized spacial score (nSPS) is 18.6. The Morgan fingerprint density at radius 2 is 1.80 bits per heavy atom. The Morgan fingerprint density at radius 1 is 1.12 bits per heavy atom. The summed E-state index contributed by atoms with van der Waals surface area (Å²) in [5.41, 5.74) is 0.555. The first-order chi connectivity index (χ1) is 19.0. The molecule has 1 fully saturated rings. The maximum absolute atomic E-state index is 12.2. The number of fused-ring (bicyclic) bond motifs is 1. The van der Waals surface area contributed by atoms with E-state index < -0.39 is 27.0 Å². The Kier molecular flexibility index (Phi) is 13.6. The van der Waals surface area contributed by atoms with Crippen LogP contribution in [0.3, 0.4) is 0 Å². The van der Waals surface area contributed by atoms with Gasteiger partial charge in [0.25, 0.3) is 5.91 Å². The predicted molar refractivity (Wildman–Crippen MR) is 159 cm³/mol. The SMILES string of the molecule is C=CCC(NC(=O)c1ccc2ccccc2c1)C(C)=O.CCC1CCCC(CNC(CO)CC(=O)S(C)(=O)=O)N1. The maximum atomic E-state index is 12.2. The highest BCUT2D eigenvalue weighted by molar-refractivity contribution is 8.05. The van der Waals surface area contributed by atoms with Gasteiger partial charge in [0.05, 0.1) is 12.6 Å². The fraction of sp³-hybridized carbons (Fsp3) is 0.500. The van der Waals surface area contributed by atoms with Crippen LogP contribution in [0, 0.1) is 0 Å². The fourth-order valence-corrected chi connectivity index (χ4v) is 5.03. The van der Waals surface area contributed by atoms with E-state index >= 15 is 0 Å². The van der Waals surface area contributed by atoms with Gasteiger partial charge in [0.1, 0.15) is 0 Å². The molecule has 0 saturated carbocycles. The van der Waals surface area contributed by atoms with Gasteiger partial charge in [-0.1, -0.05) is 49.8 Å². The number of hydrogen-bond acceptors (Lipinski definition) is 8. The lowest BCUT2D eigenvalue weighted by molar-refractivity contribution is -0.118. The fourth-order valence-electron chi connectivity index (χ4n) is 4.52. The summed E-state index contributed by atoms with van der Waals surface area (Å²) in [6.45, 7) is 7.61. The number of sulfone groups is 1. The Balaban J connectivity index is 0.000000280. The summed E-state index contributed by atoms with van der Waals surface area (Å²) in [5, 5.41) is 19.8. The monoisotopic (exact) mass is 573 g/mol. The molecule has 9 nitrogen and oxygen atoms in total. The minimum absolute atomic E-state index is 0.0703. The molecule has 2 aromatic carbocycles. The van der Waals surface area contributed by atoms with Gasteiger partial charge in [-0.3, -0.25) is 14.4 Å². The van der Waals surface area contributed by atoms with Crippen molar-refractivity contribution in [1.29, 1.82) is 0 Å².